The predicted octanol–water partition coefficient (Wildman–Crippen LogP) is 3.70. The average Bonchev–Trinajstić information content (AvgIpc) is 2.92. The Kier molecular flexibility index (Phi) is 8.60. The maximum Gasteiger partial charge on any atom is 0.341 e. The van der Waals surface area contributed by atoms with Crippen LogP contribution in [0.4, 0.5) is 0 Å². The van der Waals surface area contributed by atoms with Crippen LogP contribution in [0, 0.1) is 6.92 Å². The van der Waals surface area contributed by atoms with Gasteiger partial charge in [-0.05, 0) is 56.5 Å². The zero-order valence-electron chi connectivity index (χ0n) is 21.7. The number of ether oxygens (including phenoxy) is 2. The standard InChI is InChI=1S/C29H30N4O5/c1-4-37-18-10-17-32-26-22(28(35)33-16-9-11-20(3)25(33)31-26)19-23(29(36)38-5-2)27(32)30-24(34)15-14-21-12-7-6-8-13-21/h6-9,11-16,19H,4-5,10,17-18H2,1-3H3. The number of nitrogens with zero attached hydrogens (tertiary/aromatic N) is 4. The van der Waals surface area contributed by atoms with Gasteiger partial charge in [-0.1, -0.05) is 36.4 Å². The maximum atomic E-state index is 13.5. The van der Waals surface area contributed by atoms with E-state index in [-0.39, 0.29) is 28.6 Å². The van der Waals surface area contributed by atoms with E-state index >= 15 is 0 Å². The van der Waals surface area contributed by atoms with Crippen LogP contribution in [0.3, 0.4) is 0 Å². The Bertz CT molecular complexity index is 1630. The molecule has 0 fully saturated rings. The third-order valence-electron chi connectivity index (χ3n) is 5.91. The van der Waals surface area contributed by atoms with Crippen LogP contribution in [0.25, 0.3) is 22.8 Å². The number of amides is 1. The molecule has 0 saturated heterocycles. The minimum absolute atomic E-state index is 0.0173. The van der Waals surface area contributed by atoms with Crippen molar-refractivity contribution in [3.05, 3.63) is 93.3 Å². The van der Waals surface area contributed by atoms with Gasteiger partial charge in [0.25, 0.3) is 11.5 Å². The van der Waals surface area contributed by atoms with Gasteiger partial charge in [0.05, 0.1) is 12.0 Å². The van der Waals surface area contributed by atoms with Gasteiger partial charge in [-0.3, -0.25) is 14.0 Å². The first-order valence-electron chi connectivity index (χ1n) is 12.6. The van der Waals surface area contributed by atoms with E-state index in [9.17, 15) is 14.4 Å². The summed E-state index contributed by atoms with van der Waals surface area (Å²) in [5, 5.41) is 0.221. The van der Waals surface area contributed by atoms with E-state index in [0.29, 0.717) is 37.5 Å². The van der Waals surface area contributed by atoms with E-state index in [0.717, 1.165) is 11.1 Å². The molecule has 0 aliphatic rings. The van der Waals surface area contributed by atoms with Crippen LogP contribution in [0.1, 0.15) is 41.8 Å². The largest absolute Gasteiger partial charge is 0.462 e. The lowest BCUT2D eigenvalue weighted by molar-refractivity contribution is -0.113. The number of pyridine rings is 2. The van der Waals surface area contributed by atoms with Gasteiger partial charge in [0.15, 0.2) is 5.49 Å². The zero-order valence-corrected chi connectivity index (χ0v) is 21.7. The number of fused-ring (bicyclic) bond motifs is 2. The molecule has 0 spiro atoms. The summed E-state index contributed by atoms with van der Waals surface area (Å²) < 4.78 is 13.9. The molecular formula is C29H30N4O5. The molecular weight excluding hydrogens is 484 g/mol. The molecule has 4 rings (SSSR count). The molecule has 1 aromatic carbocycles. The third-order valence-corrected chi connectivity index (χ3v) is 5.91. The Hall–Kier alpha value is -4.37. The molecule has 3 heterocycles. The highest BCUT2D eigenvalue weighted by atomic mass is 16.5. The van der Waals surface area contributed by atoms with E-state index in [1.807, 2.05) is 50.2 Å². The second kappa shape index (κ2) is 12.2. The number of carbonyl (C=O) groups excluding carboxylic acids is 2. The van der Waals surface area contributed by atoms with Crippen LogP contribution >= 0.6 is 0 Å². The van der Waals surface area contributed by atoms with Crippen LogP contribution in [0.2, 0.25) is 0 Å². The van der Waals surface area contributed by atoms with Crippen molar-refractivity contribution in [2.45, 2.75) is 33.7 Å². The number of aryl methyl sites for hydroxylation is 2. The molecule has 0 saturated carbocycles. The Morgan fingerprint density at radius 2 is 1.84 bits per heavy atom. The van der Waals surface area contributed by atoms with Crippen LogP contribution < -0.4 is 11.0 Å². The van der Waals surface area contributed by atoms with Gasteiger partial charge in [0.1, 0.15) is 16.9 Å². The molecule has 0 N–H and O–H groups in total. The van der Waals surface area contributed by atoms with Crippen molar-refractivity contribution < 1.29 is 19.1 Å². The van der Waals surface area contributed by atoms with E-state index in [4.69, 9.17) is 14.5 Å². The predicted molar refractivity (Wildman–Crippen MR) is 145 cm³/mol. The Morgan fingerprint density at radius 3 is 2.58 bits per heavy atom. The van der Waals surface area contributed by atoms with Crippen LogP contribution in [0.5, 0.6) is 0 Å². The van der Waals surface area contributed by atoms with Crippen molar-refractivity contribution in [2.24, 2.45) is 4.99 Å². The molecule has 9 nitrogen and oxygen atoms in total. The van der Waals surface area contributed by atoms with Crippen LogP contribution in [0.15, 0.2) is 70.6 Å². The number of hydrogen-bond acceptors (Lipinski definition) is 6. The first-order valence-corrected chi connectivity index (χ1v) is 12.6. The number of benzene rings is 1. The number of esters is 1. The highest BCUT2D eigenvalue weighted by Gasteiger charge is 2.20. The summed E-state index contributed by atoms with van der Waals surface area (Å²) in [6.45, 7) is 6.89. The van der Waals surface area contributed by atoms with Crippen LogP contribution in [-0.2, 0) is 20.8 Å². The first-order chi connectivity index (χ1) is 18.4. The molecule has 196 valence electrons. The Balaban J connectivity index is 2.00. The number of hydrogen-bond donors (Lipinski definition) is 0. The van der Waals surface area contributed by atoms with Gasteiger partial charge in [0.2, 0.25) is 0 Å². The van der Waals surface area contributed by atoms with E-state index < -0.39 is 11.9 Å². The maximum absolute atomic E-state index is 13.5. The lowest BCUT2D eigenvalue weighted by Crippen LogP contribution is -2.33. The van der Waals surface area contributed by atoms with Crippen molar-refractivity contribution in [2.75, 3.05) is 19.8 Å². The lowest BCUT2D eigenvalue weighted by atomic mass is 10.2. The van der Waals surface area contributed by atoms with Gasteiger partial charge in [-0.2, -0.15) is 4.99 Å². The van der Waals surface area contributed by atoms with Crippen LogP contribution in [-0.4, -0.2) is 45.6 Å². The SMILES string of the molecule is CCOCCCn1c(=NC(=O)C=Cc2ccccc2)c(C(=O)OCC)cc2c(=O)n3cccc(C)c3nc21. The molecule has 0 radical (unpaired) electrons. The topological polar surface area (TPSA) is 104 Å². The van der Waals surface area contributed by atoms with Gasteiger partial charge in [-0.15, -0.1) is 0 Å². The molecule has 1 amide bonds. The minimum Gasteiger partial charge on any atom is -0.462 e. The summed E-state index contributed by atoms with van der Waals surface area (Å²) in [6, 6.07) is 14.4. The van der Waals surface area contributed by atoms with Crippen molar-refractivity contribution in [1.82, 2.24) is 14.0 Å². The number of carbonyl (C=O) groups is 2. The van der Waals surface area contributed by atoms with Crippen molar-refractivity contribution in [3.8, 4) is 0 Å². The minimum atomic E-state index is -0.680. The summed E-state index contributed by atoms with van der Waals surface area (Å²) in [4.78, 5) is 48.6. The molecule has 3 aromatic heterocycles. The van der Waals surface area contributed by atoms with Crippen molar-refractivity contribution >= 4 is 34.6 Å². The van der Waals surface area contributed by atoms with Gasteiger partial charge < -0.3 is 14.0 Å². The lowest BCUT2D eigenvalue weighted by Gasteiger charge is -2.15. The smallest absolute Gasteiger partial charge is 0.341 e. The number of aromatic nitrogens is 3. The molecule has 38 heavy (non-hydrogen) atoms. The average molecular weight is 515 g/mol. The summed E-state index contributed by atoms with van der Waals surface area (Å²) in [7, 11) is 0. The summed E-state index contributed by atoms with van der Waals surface area (Å²) in [5.74, 6) is -1.24. The molecule has 0 atom stereocenters. The molecule has 0 unspecified atom stereocenters. The highest BCUT2D eigenvalue weighted by molar-refractivity contribution is 5.96. The Labute approximate surface area is 219 Å². The van der Waals surface area contributed by atoms with Gasteiger partial charge in [-0.25, -0.2) is 9.78 Å². The molecule has 0 aliphatic carbocycles. The molecule has 0 bridgehead atoms. The van der Waals surface area contributed by atoms with Crippen molar-refractivity contribution in [3.63, 3.8) is 0 Å². The van der Waals surface area contributed by atoms with Gasteiger partial charge in [0, 0.05) is 32.0 Å². The molecule has 4 aromatic rings. The highest BCUT2D eigenvalue weighted by Crippen LogP contribution is 2.14. The van der Waals surface area contributed by atoms with E-state index in [1.165, 1.54) is 16.5 Å². The first kappa shape index (κ1) is 26.7. The fourth-order valence-electron chi connectivity index (χ4n) is 4.12. The molecule has 0 aliphatic heterocycles. The quantitative estimate of drug-likeness (QED) is 0.146. The molecule has 9 heteroatoms. The van der Waals surface area contributed by atoms with E-state index in [2.05, 4.69) is 4.99 Å². The third kappa shape index (κ3) is 5.78. The fourth-order valence-corrected chi connectivity index (χ4v) is 4.12. The normalized spacial score (nSPS) is 12.0. The Morgan fingerprint density at radius 1 is 1.05 bits per heavy atom. The summed E-state index contributed by atoms with van der Waals surface area (Å²) in [5.41, 5.74) is 2.22. The van der Waals surface area contributed by atoms with Crippen molar-refractivity contribution in [1.29, 1.82) is 0 Å². The zero-order chi connectivity index (χ0) is 27.1. The van der Waals surface area contributed by atoms with E-state index in [1.54, 1.807) is 29.8 Å². The summed E-state index contributed by atoms with van der Waals surface area (Å²) >= 11 is 0. The second-order valence-corrected chi connectivity index (χ2v) is 8.54. The fraction of sp³-hybridized carbons (Fsp3) is 0.276. The number of rotatable bonds is 9. The summed E-state index contributed by atoms with van der Waals surface area (Å²) in [6.07, 6.45) is 5.17. The monoisotopic (exact) mass is 514 g/mol. The second-order valence-electron chi connectivity index (χ2n) is 8.54. The van der Waals surface area contributed by atoms with Gasteiger partial charge >= 0.3 is 5.97 Å².